The highest BCUT2D eigenvalue weighted by atomic mass is 32.2. The standard InChI is InChI=1S/C9H18N2O3S/c1-7(15(2,13)14)9(12)11-6-8-3-4-10-5-8/h7-8,10H,3-6H2,1-2H3,(H,11,12). The van der Waals surface area contributed by atoms with E-state index >= 15 is 0 Å². The van der Waals surface area contributed by atoms with Gasteiger partial charge in [-0.25, -0.2) is 8.42 Å². The van der Waals surface area contributed by atoms with Gasteiger partial charge in [-0.05, 0) is 32.4 Å². The molecule has 2 N–H and O–H groups in total. The van der Waals surface area contributed by atoms with Crippen LogP contribution in [0.2, 0.25) is 0 Å². The zero-order chi connectivity index (χ0) is 11.5. The molecule has 0 bridgehead atoms. The van der Waals surface area contributed by atoms with Crippen molar-refractivity contribution >= 4 is 15.7 Å². The number of carbonyl (C=O) groups is 1. The molecule has 2 atom stereocenters. The van der Waals surface area contributed by atoms with Crippen LogP contribution in [0.5, 0.6) is 0 Å². The molecular weight excluding hydrogens is 216 g/mol. The zero-order valence-corrected chi connectivity index (χ0v) is 9.93. The molecule has 0 spiro atoms. The predicted octanol–water partition coefficient (Wildman–Crippen LogP) is -0.855. The van der Waals surface area contributed by atoms with E-state index in [2.05, 4.69) is 10.6 Å². The molecule has 0 aliphatic carbocycles. The van der Waals surface area contributed by atoms with Crippen LogP contribution in [-0.2, 0) is 14.6 Å². The topological polar surface area (TPSA) is 75.3 Å². The van der Waals surface area contributed by atoms with Gasteiger partial charge in [-0.1, -0.05) is 0 Å². The fourth-order valence-electron chi connectivity index (χ4n) is 1.47. The van der Waals surface area contributed by atoms with Crippen molar-refractivity contribution in [2.75, 3.05) is 25.9 Å². The summed E-state index contributed by atoms with van der Waals surface area (Å²) in [5.74, 6) is 0.0325. The number of amides is 1. The first-order chi connectivity index (χ1) is 6.91. The first-order valence-corrected chi connectivity index (χ1v) is 7.04. The highest BCUT2D eigenvalue weighted by Crippen LogP contribution is 2.06. The second-order valence-electron chi connectivity index (χ2n) is 4.08. The molecule has 1 aliphatic heterocycles. The fraction of sp³-hybridized carbons (Fsp3) is 0.889. The predicted molar refractivity (Wildman–Crippen MR) is 58.3 cm³/mol. The van der Waals surface area contributed by atoms with Crippen LogP contribution >= 0.6 is 0 Å². The molecule has 0 saturated carbocycles. The molecule has 2 unspecified atom stereocenters. The molecule has 1 rings (SSSR count). The minimum absolute atomic E-state index is 0.399. The van der Waals surface area contributed by atoms with Gasteiger partial charge in [0.25, 0.3) is 0 Å². The van der Waals surface area contributed by atoms with Gasteiger partial charge in [0.1, 0.15) is 5.25 Å². The van der Waals surface area contributed by atoms with Crippen molar-refractivity contribution in [2.45, 2.75) is 18.6 Å². The number of hydrogen-bond donors (Lipinski definition) is 2. The molecule has 1 heterocycles. The van der Waals surface area contributed by atoms with Crippen LogP contribution < -0.4 is 10.6 Å². The highest BCUT2D eigenvalue weighted by Gasteiger charge is 2.24. The third-order valence-corrected chi connectivity index (χ3v) is 4.24. The van der Waals surface area contributed by atoms with Gasteiger partial charge in [-0.2, -0.15) is 0 Å². The molecule has 0 radical (unpaired) electrons. The van der Waals surface area contributed by atoms with Crippen molar-refractivity contribution in [1.29, 1.82) is 0 Å². The summed E-state index contributed by atoms with van der Waals surface area (Å²) in [5, 5.41) is 4.91. The Balaban J connectivity index is 2.35. The monoisotopic (exact) mass is 234 g/mol. The molecule has 88 valence electrons. The van der Waals surface area contributed by atoms with Crippen LogP contribution in [0.15, 0.2) is 0 Å². The lowest BCUT2D eigenvalue weighted by Gasteiger charge is -2.13. The Morgan fingerprint density at radius 2 is 2.27 bits per heavy atom. The number of sulfone groups is 1. The lowest BCUT2D eigenvalue weighted by atomic mass is 10.1. The zero-order valence-electron chi connectivity index (χ0n) is 9.12. The van der Waals surface area contributed by atoms with E-state index in [1.807, 2.05) is 0 Å². The minimum atomic E-state index is -3.28. The van der Waals surface area contributed by atoms with Crippen molar-refractivity contribution in [2.24, 2.45) is 5.92 Å². The summed E-state index contributed by atoms with van der Waals surface area (Å²) in [4.78, 5) is 11.4. The van der Waals surface area contributed by atoms with E-state index in [0.29, 0.717) is 12.5 Å². The van der Waals surface area contributed by atoms with Gasteiger partial charge in [0.2, 0.25) is 5.91 Å². The molecule has 1 aliphatic rings. The van der Waals surface area contributed by atoms with Crippen molar-refractivity contribution in [1.82, 2.24) is 10.6 Å². The Hall–Kier alpha value is -0.620. The second kappa shape index (κ2) is 4.94. The molecule has 1 fully saturated rings. The van der Waals surface area contributed by atoms with E-state index in [1.54, 1.807) is 0 Å². The molecule has 0 aromatic rings. The van der Waals surface area contributed by atoms with Crippen LogP contribution in [-0.4, -0.2) is 45.5 Å². The normalized spacial score (nSPS) is 23.7. The number of carbonyl (C=O) groups excluding carboxylic acids is 1. The second-order valence-corrected chi connectivity index (χ2v) is 6.44. The third kappa shape index (κ3) is 3.79. The number of hydrogen-bond acceptors (Lipinski definition) is 4. The van der Waals surface area contributed by atoms with E-state index in [9.17, 15) is 13.2 Å². The van der Waals surface area contributed by atoms with E-state index in [4.69, 9.17) is 0 Å². The molecule has 0 aromatic heterocycles. The summed E-state index contributed by atoms with van der Waals surface area (Å²) in [7, 11) is -3.28. The summed E-state index contributed by atoms with van der Waals surface area (Å²) >= 11 is 0. The molecule has 0 aromatic carbocycles. The van der Waals surface area contributed by atoms with Gasteiger partial charge in [-0.15, -0.1) is 0 Å². The van der Waals surface area contributed by atoms with Gasteiger partial charge in [0.15, 0.2) is 9.84 Å². The quantitative estimate of drug-likeness (QED) is 0.664. The Morgan fingerprint density at radius 1 is 1.60 bits per heavy atom. The van der Waals surface area contributed by atoms with E-state index in [-0.39, 0.29) is 0 Å². The van der Waals surface area contributed by atoms with Gasteiger partial charge in [0, 0.05) is 12.8 Å². The summed E-state index contributed by atoms with van der Waals surface area (Å²) in [6.07, 6.45) is 2.11. The van der Waals surface area contributed by atoms with Crippen molar-refractivity contribution < 1.29 is 13.2 Å². The van der Waals surface area contributed by atoms with Gasteiger partial charge < -0.3 is 10.6 Å². The summed E-state index contributed by atoms with van der Waals surface area (Å²) in [5.41, 5.74) is 0. The summed E-state index contributed by atoms with van der Waals surface area (Å²) < 4.78 is 22.2. The SMILES string of the molecule is CC(C(=O)NCC1CCNC1)S(C)(=O)=O. The van der Waals surface area contributed by atoms with Crippen LogP contribution in [0.1, 0.15) is 13.3 Å². The summed E-state index contributed by atoms with van der Waals surface area (Å²) in [6.45, 7) is 3.85. The fourth-order valence-corrected chi connectivity index (χ4v) is 1.94. The lowest BCUT2D eigenvalue weighted by Crippen LogP contribution is -2.40. The van der Waals surface area contributed by atoms with Gasteiger partial charge >= 0.3 is 0 Å². The molecule has 6 heteroatoms. The van der Waals surface area contributed by atoms with Gasteiger partial charge in [0.05, 0.1) is 0 Å². The maximum atomic E-state index is 11.4. The smallest absolute Gasteiger partial charge is 0.238 e. The number of nitrogens with one attached hydrogen (secondary N) is 2. The lowest BCUT2D eigenvalue weighted by molar-refractivity contribution is -0.120. The highest BCUT2D eigenvalue weighted by molar-refractivity contribution is 7.92. The maximum Gasteiger partial charge on any atom is 0.238 e. The Labute approximate surface area is 90.5 Å². The van der Waals surface area contributed by atoms with Crippen LogP contribution in [0.25, 0.3) is 0 Å². The maximum absolute atomic E-state index is 11.4. The molecular formula is C9H18N2O3S. The molecule has 5 nitrogen and oxygen atoms in total. The largest absolute Gasteiger partial charge is 0.355 e. The van der Waals surface area contributed by atoms with Crippen LogP contribution in [0.3, 0.4) is 0 Å². The van der Waals surface area contributed by atoms with E-state index in [0.717, 1.165) is 25.8 Å². The summed E-state index contributed by atoms with van der Waals surface area (Å²) in [6, 6.07) is 0. The third-order valence-electron chi connectivity index (χ3n) is 2.74. The van der Waals surface area contributed by atoms with Crippen molar-refractivity contribution in [3.8, 4) is 0 Å². The Bertz CT molecular complexity index is 320. The molecule has 15 heavy (non-hydrogen) atoms. The molecule has 1 amide bonds. The van der Waals surface area contributed by atoms with Crippen LogP contribution in [0, 0.1) is 5.92 Å². The Morgan fingerprint density at radius 3 is 2.73 bits per heavy atom. The molecule has 1 saturated heterocycles. The van der Waals surface area contributed by atoms with Crippen molar-refractivity contribution in [3.63, 3.8) is 0 Å². The van der Waals surface area contributed by atoms with Crippen LogP contribution in [0.4, 0.5) is 0 Å². The van der Waals surface area contributed by atoms with E-state index < -0.39 is 21.0 Å². The minimum Gasteiger partial charge on any atom is -0.355 e. The van der Waals surface area contributed by atoms with Crippen molar-refractivity contribution in [3.05, 3.63) is 0 Å². The Kier molecular flexibility index (Phi) is 4.10. The van der Waals surface area contributed by atoms with E-state index in [1.165, 1.54) is 6.92 Å². The van der Waals surface area contributed by atoms with Gasteiger partial charge in [-0.3, -0.25) is 4.79 Å². The number of rotatable bonds is 4. The first-order valence-electron chi connectivity index (χ1n) is 5.08. The average molecular weight is 234 g/mol. The average Bonchev–Trinajstić information content (AvgIpc) is 2.63. The first kappa shape index (κ1) is 12.4.